The van der Waals surface area contributed by atoms with Gasteiger partial charge >= 0.3 is 0 Å². The van der Waals surface area contributed by atoms with E-state index in [1.54, 1.807) is 24.1 Å². The van der Waals surface area contributed by atoms with E-state index in [1.165, 1.54) is 0 Å². The van der Waals surface area contributed by atoms with Crippen LogP contribution in [0.4, 0.5) is 28.4 Å². The van der Waals surface area contributed by atoms with Crippen molar-refractivity contribution in [2.75, 3.05) is 60.6 Å². The fraction of sp³-hybridized carbons (Fsp3) is 0.211. The van der Waals surface area contributed by atoms with Crippen molar-refractivity contribution in [2.24, 2.45) is 4.99 Å². The van der Waals surface area contributed by atoms with Crippen LogP contribution >= 0.6 is 0 Å². The molecule has 48 heavy (non-hydrogen) atoms. The largest absolute Gasteiger partial charge is 0.354 e. The number of carbonyl (C=O) groups is 3. The molecule has 0 unspecified atom stereocenters. The van der Waals surface area contributed by atoms with Crippen LogP contribution in [0.15, 0.2) is 102 Å². The zero-order chi connectivity index (χ0) is 33.0. The highest BCUT2D eigenvalue weighted by molar-refractivity contribution is 6.45. The van der Waals surface area contributed by atoms with Gasteiger partial charge in [0.2, 0.25) is 5.91 Å². The Kier molecular flexibility index (Phi) is 8.82. The maximum Gasteiger partial charge on any atom is 0.270 e. The Bertz CT molecular complexity index is 1930. The summed E-state index contributed by atoms with van der Waals surface area (Å²) in [6.07, 6.45) is 1.51. The van der Waals surface area contributed by atoms with E-state index in [2.05, 4.69) is 31.2 Å². The van der Waals surface area contributed by atoms with E-state index in [0.29, 0.717) is 41.3 Å². The van der Waals surface area contributed by atoms with Crippen LogP contribution in [-0.4, -0.2) is 68.1 Å². The maximum absolute atomic E-state index is 13.5. The molecule has 3 aliphatic heterocycles. The smallest absolute Gasteiger partial charge is 0.270 e. The van der Waals surface area contributed by atoms with Crippen molar-refractivity contribution in [1.29, 1.82) is 0 Å². The van der Waals surface area contributed by atoms with Gasteiger partial charge in [-0.1, -0.05) is 48.5 Å². The highest BCUT2D eigenvalue weighted by Crippen LogP contribution is 2.39. The molecule has 10 heteroatoms. The number of likely N-dealkylation sites (N-methyl/N-ethyl adjacent to an activating group) is 1. The van der Waals surface area contributed by atoms with Gasteiger partial charge in [0.25, 0.3) is 11.8 Å². The summed E-state index contributed by atoms with van der Waals surface area (Å²) in [7, 11) is 1.80. The van der Waals surface area contributed by atoms with Crippen LogP contribution in [-0.2, 0) is 20.8 Å². The summed E-state index contributed by atoms with van der Waals surface area (Å²) in [5, 5.41) is 12.8. The lowest BCUT2D eigenvalue weighted by atomic mass is 9.99. The van der Waals surface area contributed by atoms with Gasteiger partial charge in [-0.3, -0.25) is 19.3 Å². The number of nitrogens with zero attached hydrogens (tertiary/aromatic N) is 3. The molecule has 0 atom stereocenters. The molecule has 4 aromatic rings. The van der Waals surface area contributed by atoms with Crippen molar-refractivity contribution in [1.82, 2.24) is 10.2 Å². The number of fused-ring (bicyclic) bond motifs is 2. The minimum atomic E-state index is -0.270. The molecule has 0 radical (unpaired) electrons. The number of benzene rings is 4. The monoisotopic (exact) mass is 639 g/mol. The van der Waals surface area contributed by atoms with Gasteiger partial charge < -0.3 is 26.2 Å². The van der Waals surface area contributed by atoms with Crippen molar-refractivity contribution in [3.63, 3.8) is 0 Å². The van der Waals surface area contributed by atoms with Crippen molar-refractivity contribution < 1.29 is 14.4 Å². The zero-order valence-electron chi connectivity index (χ0n) is 26.8. The predicted molar refractivity (Wildman–Crippen MR) is 192 cm³/mol. The fourth-order valence-electron chi connectivity index (χ4n) is 6.27. The second-order valence-electron chi connectivity index (χ2n) is 12.2. The molecule has 0 bridgehead atoms. The molecule has 3 amide bonds. The quantitative estimate of drug-likeness (QED) is 0.198. The van der Waals surface area contributed by atoms with E-state index in [9.17, 15) is 14.4 Å². The summed E-state index contributed by atoms with van der Waals surface area (Å²) in [5.41, 5.74) is 7.73. The van der Waals surface area contributed by atoms with Gasteiger partial charge in [-0.15, -0.1) is 0 Å². The molecular weight excluding hydrogens is 602 g/mol. The minimum absolute atomic E-state index is 0.0424. The number of nitrogens with one attached hydrogen (secondary N) is 4. The van der Waals surface area contributed by atoms with Gasteiger partial charge in [-0.25, -0.2) is 4.99 Å². The standard InChI is InChI=1S/C38H37N7O3/c1-44(34(46)24-45-20-7-18-39-19-21-45)29-15-12-27(13-16-29)40-36(25-8-3-2-4-9-25)35-30-17-14-28(23-32(30)43-38(35)48)41-37(47)33-22-26-10-5-6-11-31(26)42-33/h2-6,8-17,23,39-40H,7,18-22,24H2,1H3,(H,41,47)(H,43,48)/b36-35-. The van der Waals surface area contributed by atoms with Gasteiger partial charge in [0.05, 0.1) is 29.2 Å². The highest BCUT2D eigenvalue weighted by atomic mass is 16.2. The Morgan fingerprint density at radius 1 is 0.875 bits per heavy atom. The zero-order valence-corrected chi connectivity index (χ0v) is 26.8. The topological polar surface area (TPSA) is 118 Å². The number of aliphatic imine (C=N–C) groups is 1. The maximum atomic E-state index is 13.5. The first-order chi connectivity index (χ1) is 23.4. The molecule has 3 aliphatic rings. The number of anilines is 4. The van der Waals surface area contributed by atoms with Crippen molar-refractivity contribution in [3.05, 3.63) is 114 Å². The van der Waals surface area contributed by atoms with Crippen molar-refractivity contribution in [2.45, 2.75) is 12.8 Å². The first-order valence-electron chi connectivity index (χ1n) is 16.2. The second-order valence-corrected chi connectivity index (χ2v) is 12.2. The van der Waals surface area contributed by atoms with E-state index in [4.69, 9.17) is 0 Å². The fourth-order valence-corrected chi connectivity index (χ4v) is 6.27. The van der Waals surface area contributed by atoms with Gasteiger partial charge in [-0.05, 0) is 79.2 Å². The average molecular weight is 640 g/mol. The molecule has 1 saturated heterocycles. The van der Waals surface area contributed by atoms with Crippen LogP contribution in [0.5, 0.6) is 0 Å². The molecule has 242 valence electrons. The van der Waals surface area contributed by atoms with E-state index in [1.807, 2.05) is 84.9 Å². The Morgan fingerprint density at radius 3 is 2.46 bits per heavy atom. The Morgan fingerprint density at radius 2 is 1.65 bits per heavy atom. The van der Waals surface area contributed by atoms with Gasteiger partial charge in [0, 0.05) is 49.2 Å². The molecule has 0 aromatic heterocycles. The summed E-state index contributed by atoms with van der Waals surface area (Å²) in [4.78, 5) is 48.0. The van der Waals surface area contributed by atoms with Crippen LogP contribution in [0.25, 0.3) is 11.3 Å². The van der Waals surface area contributed by atoms with Crippen LogP contribution in [0, 0.1) is 0 Å². The predicted octanol–water partition coefficient (Wildman–Crippen LogP) is 5.14. The molecule has 10 nitrogen and oxygen atoms in total. The number of carbonyl (C=O) groups excluding carboxylic acids is 3. The van der Waals surface area contributed by atoms with E-state index < -0.39 is 0 Å². The third-order valence-electron chi connectivity index (χ3n) is 8.89. The number of hydrogen-bond donors (Lipinski definition) is 4. The SMILES string of the molecule is CN(C(=O)CN1CCCNCC1)c1ccc(N/C(=C2\C(=O)Nc3cc(NC(=O)C4=Nc5ccccc5C4)ccc32)c2ccccc2)cc1. The van der Waals surface area contributed by atoms with E-state index in [0.717, 1.165) is 66.4 Å². The summed E-state index contributed by atoms with van der Waals surface area (Å²) in [6, 6.07) is 30.5. The van der Waals surface area contributed by atoms with Gasteiger partial charge in [-0.2, -0.15) is 0 Å². The lowest BCUT2D eigenvalue weighted by Crippen LogP contribution is -2.39. The van der Waals surface area contributed by atoms with E-state index >= 15 is 0 Å². The van der Waals surface area contributed by atoms with Crippen LogP contribution in [0.1, 0.15) is 23.1 Å². The summed E-state index contributed by atoms with van der Waals surface area (Å²) in [5.74, 6) is -0.477. The summed E-state index contributed by atoms with van der Waals surface area (Å²) < 4.78 is 0. The van der Waals surface area contributed by atoms with Gasteiger partial charge in [0.15, 0.2) is 0 Å². The third kappa shape index (κ3) is 6.62. The lowest BCUT2D eigenvalue weighted by Gasteiger charge is -2.24. The molecule has 7 rings (SSSR count). The van der Waals surface area contributed by atoms with Crippen molar-refractivity contribution >= 4 is 63.1 Å². The molecule has 0 spiro atoms. The second kappa shape index (κ2) is 13.6. The molecule has 3 heterocycles. The number of rotatable bonds is 8. The molecule has 1 fully saturated rings. The Balaban J connectivity index is 1.11. The van der Waals surface area contributed by atoms with Crippen molar-refractivity contribution in [3.8, 4) is 0 Å². The number of para-hydroxylation sites is 1. The number of hydrogen-bond acceptors (Lipinski definition) is 7. The molecule has 4 aromatic carbocycles. The Hall–Kier alpha value is -5.58. The normalized spacial score (nSPS) is 16.6. The molecule has 0 saturated carbocycles. The Labute approximate surface area is 279 Å². The first-order valence-corrected chi connectivity index (χ1v) is 16.2. The highest BCUT2D eigenvalue weighted by Gasteiger charge is 2.29. The molecular formula is C38H37N7O3. The minimum Gasteiger partial charge on any atom is -0.354 e. The summed E-state index contributed by atoms with van der Waals surface area (Å²) in [6.45, 7) is 4.02. The average Bonchev–Trinajstić information content (AvgIpc) is 3.58. The van der Waals surface area contributed by atoms with Crippen LogP contribution < -0.4 is 26.2 Å². The third-order valence-corrected chi connectivity index (χ3v) is 8.89. The van der Waals surface area contributed by atoms with E-state index in [-0.39, 0.29) is 17.7 Å². The first kappa shape index (κ1) is 31.0. The summed E-state index contributed by atoms with van der Waals surface area (Å²) >= 11 is 0. The number of amides is 3. The molecule has 0 aliphatic carbocycles. The van der Waals surface area contributed by atoms with Crippen LogP contribution in [0.2, 0.25) is 0 Å². The lowest BCUT2D eigenvalue weighted by molar-refractivity contribution is -0.119. The van der Waals surface area contributed by atoms with Crippen LogP contribution in [0.3, 0.4) is 0 Å². The molecule has 4 N–H and O–H groups in total. The van der Waals surface area contributed by atoms with Gasteiger partial charge in [0.1, 0.15) is 5.71 Å².